The largest absolute Gasteiger partial charge is 0.497 e. The highest BCUT2D eigenvalue weighted by Gasteiger charge is 2.29. The zero-order valence-corrected chi connectivity index (χ0v) is 24.0. The van der Waals surface area contributed by atoms with Crippen LogP contribution < -0.4 is 14.4 Å². The van der Waals surface area contributed by atoms with Crippen molar-refractivity contribution in [2.24, 2.45) is 0 Å². The van der Waals surface area contributed by atoms with Crippen LogP contribution in [0.2, 0.25) is 0 Å². The van der Waals surface area contributed by atoms with Gasteiger partial charge in [0.25, 0.3) is 0 Å². The molecule has 0 aromatic heterocycles. The summed E-state index contributed by atoms with van der Waals surface area (Å²) in [4.78, 5) is 1.85. The summed E-state index contributed by atoms with van der Waals surface area (Å²) >= 11 is 0. The van der Waals surface area contributed by atoms with Crippen LogP contribution in [0.3, 0.4) is 0 Å². The number of sulfone groups is 1. The van der Waals surface area contributed by atoms with Gasteiger partial charge in [0.15, 0.2) is 4.91 Å². The van der Waals surface area contributed by atoms with Crippen molar-refractivity contribution in [1.29, 1.82) is 5.26 Å². The molecule has 0 aliphatic carbocycles. The number of benzene rings is 5. The number of nitriles is 1. The van der Waals surface area contributed by atoms with Crippen molar-refractivity contribution in [3.63, 3.8) is 0 Å². The van der Waals surface area contributed by atoms with Crippen LogP contribution in [0.4, 0.5) is 17.1 Å². The fraction of sp³-hybridized carbons (Fsp3) is 0.0278. The lowest BCUT2D eigenvalue weighted by molar-refractivity contribution is 0.415. The van der Waals surface area contributed by atoms with Gasteiger partial charge in [-0.3, -0.25) is 0 Å². The van der Waals surface area contributed by atoms with Crippen molar-refractivity contribution in [1.82, 2.24) is 0 Å². The van der Waals surface area contributed by atoms with E-state index in [-0.39, 0.29) is 15.4 Å². The van der Waals surface area contributed by atoms with Gasteiger partial charge in [-0.1, -0.05) is 54.6 Å². The third-order valence-corrected chi connectivity index (χ3v) is 8.84. The number of nitrogens with zero attached hydrogens (tertiary/aromatic N) is 2. The molecule has 0 fully saturated rings. The highest BCUT2D eigenvalue weighted by Crippen LogP contribution is 2.41. The first kappa shape index (κ1) is 27.6. The Morgan fingerprint density at radius 2 is 1.28 bits per heavy atom. The number of hydrogen-bond donors (Lipinski definition) is 0. The lowest BCUT2D eigenvalue weighted by Crippen LogP contribution is -2.11. The van der Waals surface area contributed by atoms with Crippen LogP contribution in [0, 0.1) is 11.3 Å². The number of allylic oxidation sites excluding steroid dienone is 3. The molecule has 6 rings (SSSR count). The van der Waals surface area contributed by atoms with E-state index in [1.165, 1.54) is 12.1 Å². The molecule has 0 spiro atoms. The van der Waals surface area contributed by atoms with Gasteiger partial charge in [-0.05, 0) is 84.9 Å². The third-order valence-electron chi connectivity index (χ3n) is 7.10. The molecular weight excluding hydrogens is 556 g/mol. The molecule has 0 unspecified atom stereocenters. The van der Waals surface area contributed by atoms with Crippen molar-refractivity contribution in [3.05, 3.63) is 156 Å². The minimum atomic E-state index is -4.08. The van der Waals surface area contributed by atoms with E-state index in [0.29, 0.717) is 17.1 Å². The SMILES string of the molecule is COc1ccc(N(c2ccccc2)c2ccc(C3=C/C(=C(/C#N)S(=O)(=O)c4ccccc4)c4ccccc4O3)cc2)cc1. The Hall–Kier alpha value is -5.58. The molecule has 0 N–H and O–H groups in total. The summed E-state index contributed by atoms with van der Waals surface area (Å²) < 4.78 is 38.8. The lowest BCUT2D eigenvalue weighted by atomic mass is 9.99. The first-order chi connectivity index (χ1) is 21.0. The second kappa shape index (κ2) is 11.7. The van der Waals surface area contributed by atoms with E-state index in [0.717, 1.165) is 28.4 Å². The summed E-state index contributed by atoms with van der Waals surface area (Å²) in [6, 6.07) is 42.7. The summed E-state index contributed by atoms with van der Waals surface area (Å²) in [5.41, 5.74) is 4.41. The number of methoxy groups -OCH3 is 1. The molecule has 5 aromatic carbocycles. The minimum Gasteiger partial charge on any atom is -0.497 e. The number of rotatable bonds is 7. The summed E-state index contributed by atoms with van der Waals surface area (Å²) in [7, 11) is -2.44. The van der Waals surface area contributed by atoms with E-state index in [9.17, 15) is 13.7 Å². The zero-order chi connectivity index (χ0) is 29.8. The van der Waals surface area contributed by atoms with Crippen LogP contribution in [0.15, 0.2) is 149 Å². The fourth-order valence-electron chi connectivity index (χ4n) is 4.98. The quantitative estimate of drug-likeness (QED) is 0.180. The number of fused-ring (bicyclic) bond motifs is 1. The molecule has 6 nitrogen and oxygen atoms in total. The summed E-state index contributed by atoms with van der Waals surface area (Å²) in [5, 5.41) is 10.1. The molecule has 0 amide bonds. The summed E-state index contributed by atoms with van der Waals surface area (Å²) in [5.74, 6) is 1.68. The van der Waals surface area contributed by atoms with E-state index < -0.39 is 9.84 Å². The van der Waals surface area contributed by atoms with Crippen LogP contribution in [0.5, 0.6) is 11.5 Å². The summed E-state index contributed by atoms with van der Waals surface area (Å²) in [6.07, 6.45) is 1.63. The molecule has 0 bridgehead atoms. The normalized spacial score (nSPS) is 13.5. The molecule has 1 aliphatic rings. The topological polar surface area (TPSA) is 79.6 Å². The Balaban J connectivity index is 1.44. The van der Waals surface area contributed by atoms with Crippen molar-refractivity contribution in [2.75, 3.05) is 12.0 Å². The maximum atomic E-state index is 13.6. The van der Waals surface area contributed by atoms with Gasteiger partial charge in [-0.2, -0.15) is 5.26 Å². The van der Waals surface area contributed by atoms with E-state index in [4.69, 9.17) is 9.47 Å². The number of ether oxygens (including phenoxy) is 2. The van der Waals surface area contributed by atoms with Gasteiger partial charge in [0.05, 0.1) is 12.0 Å². The monoisotopic (exact) mass is 582 g/mol. The lowest BCUT2D eigenvalue weighted by Gasteiger charge is -2.26. The van der Waals surface area contributed by atoms with Crippen LogP contribution in [-0.4, -0.2) is 15.5 Å². The molecule has 0 saturated heterocycles. The number of para-hydroxylation sites is 2. The van der Waals surface area contributed by atoms with Crippen LogP contribution in [0.1, 0.15) is 11.1 Å². The molecule has 1 aliphatic heterocycles. The molecule has 43 heavy (non-hydrogen) atoms. The van der Waals surface area contributed by atoms with Crippen molar-refractivity contribution < 1.29 is 17.9 Å². The first-order valence-electron chi connectivity index (χ1n) is 13.5. The highest BCUT2D eigenvalue weighted by atomic mass is 32.2. The van der Waals surface area contributed by atoms with Gasteiger partial charge in [0.2, 0.25) is 9.84 Å². The minimum absolute atomic E-state index is 0.0573. The van der Waals surface area contributed by atoms with Crippen molar-refractivity contribution in [3.8, 4) is 17.6 Å². The molecule has 1 heterocycles. The van der Waals surface area contributed by atoms with Crippen LogP contribution in [0.25, 0.3) is 11.3 Å². The smallest absolute Gasteiger partial charge is 0.217 e. The van der Waals surface area contributed by atoms with E-state index in [2.05, 4.69) is 4.90 Å². The Labute approximate surface area is 250 Å². The number of anilines is 3. The Bertz CT molecular complexity index is 1980. The van der Waals surface area contributed by atoms with Gasteiger partial charge in [0, 0.05) is 33.8 Å². The first-order valence-corrected chi connectivity index (χ1v) is 15.0. The predicted octanol–water partition coefficient (Wildman–Crippen LogP) is 8.31. The van der Waals surface area contributed by atoms with Crippen molar-refractivity contribution >= 4 is 38.2 Å². The molecule has 210 valence electrons. The van der Waals surface area contributed by atoms with Gasteiger partial charge < -0.3 is 14.4 Å². The van der Waals surface area contributed by atoms with Gasteiger partial charge in [-0.25, -0.2) is 8.42 Å². The van der Waals surface area contributed by atoms with E-state index in [1.807, 2.05) is 91.0 Å². The maximum Gasteiger partial charge on any atom is 0.217 e. The molecule has 0 saturated carbocycles. The number of hydrogen-bond acceptors (Lipinski definition) is 6. The standard InChI is InChI=1S/C36H26N2O4S/c1-41-30-22-20-29(21-23-30)38(27-10-4-2-5-11-27)28-18-16-26(17-19-28)35-24-33(32-14-8-9-15-34(32)42-35)36(25-37)43(39,40)31-12-6-3-7-13-31/h2-24H,1H3/b36-33+. The highest BCUT2D eigenvalue weighted by molar-refractivity contribution is 7.95. The predicted molar refractivity (Wildman–Crippen MR) is 169 cm³/mol. The fourth-order valence-corrected chi connectivity index (χ4v) is 6.31. The summed E-state index contributed by atoms with van der Waals surface area (Å²) in [6.45, 7) is 0. The maximum absolute atomic E-state index is 13.6. The Kier molecular flexibility index (Phi) is 7.52. The molecule has 0 atom stereocenters. The second-order valence-corrected chi connectivity index (χ2v) is 11.6. The van der Waals surface area contributed by atoms with Gasteiger partial charge in [0.1, 0.15) is 23.3 Å². The van der Waals surface area contributed by atoms with E-state index >= 15 is 0 Å². The molecule has 0 radical (unpaired) electrons. The Morgan fingerprint density at radius 1 is 0.721 bits per heavy atom. The molecular formula is C36H26N2O4S. The van der Waals surface area contributed by atoms with E-state index in [1.54, 1.807) is 49.6 Å². The van der Waals surface area contributed by atoms with Crippen LogP contribution >= 0.6 is 0 Å². The zero-order valence-electron chi connectivity index (χ0n) is 23.2. The van der Waals surface area contributed by atoms with Crippen LogP contribution in [-0.2, 0) is 9.84 Å². The molecule has 7 heteroatoms. The van der Waals surface area contributed by atoms with Crippen molar-refractivity contribution in [2.45, 2.75) is 4.90 Å². The third kappa shape index (κ3) is 5.40. The Morgan fingerprint density at radius 3 is 1.91 bits per heavy atom. The second-order valence-electron chi connectivity index (χ2n) is 9.69. The van der Waals surface area contributed by atoms with Gasteiger partial charge >= 0.3 is 0 Å². The average Bonchev–Trinajstić information content (AvgIpc) is 3.06. The average molecular weight is 583 g/mol. The van der Waals surface area contributed by atoms with Gasteiger partial charge in [-0.15, -0.1) is 0 Å². The molecule has 5 aromatic rings.